The summed E-state index contributed by atoms with van der Waals surface area (Å²) in [5.74, 6) is -0.158. The molecule has 7 heteroatoms. The summed E-state index contributed by atoms with van der Waals surface area (Å²) in [6.07, 6.45) is -5.74. The first-order valence-electron chi connectivity index (χ1n) is 9.10. The summed E-state index contributed by atoms with van der Waals surface area (Å²) in [6, 6.07) is 12.2. The van der Waals surface area contributed by atoms with E-state index in [1.54, 1.807) is 18.2 Å². The zero-order valence-corrected chi connectivity index (χ0v) is 16.0. The molecule has 1 atom stereocenters. The van der Waals surface area contributed by atoms with Crippen molar-refractivity contribution >= 4 is 11.0 Å². The van der Waals surface area contributed by atoms with Crippen molar-refractivity contribution in [3.05, 3.63) is 59.4 Å². The van der Waals surface area contributed by atoms with Gasteiger partial charge in [-0.05, 0) is 42.2 Å². The highest BCUT2D eigenvalue weighted by molar-refractivity contribution is 5.76. The summed E-state index contributed by atoms with van der Waals surface area (Å²) < 4.78 is 46.9. The Balaban J connectivity index is 1.81. The fourth-order valence-corrected chi connectivity index (χ4v) is 3.17. The van der Waals surface area contributed by atoms with Gasteiger partial charge in [0.2, 0.25) is 5.82 Å². The number of alkyl halides is 3. The number of para-hydroxylation sites is 2. The molecule has 1 N–H and O–H groups in total. The number of nitrogens with zero attached hydrogens (tertiary/aromatic N) is 2. The van der Waals surface area contributed by atoms with Crippen LogP contribution in [0.4, 0.5) is 13.2 Å². The minimum atomic E-state index is -4.61. The van der Waals surface area contributed by atoms with Gasteiger partial charge in [-0.1, -0.05) is 38.1 Å². The summed E-state index contributed by atoms with van der Waals surface area (Å²) in [5.41, 5.74) is 2.56. The van der Waals surface area contributed by atoms with E-state index in [0.29, 0.717) is 11.3 Å². The van der Waals surface area contributed by atoms with Gasteiger partial charge in [0.1, 0.15) is 18.5 Å². The van der Waals surface area contributed by atoms with Crippen LogP contribution in [-0.4, -0.2) is 27.4 Å². The van der Waals surface area contributed by atoms with E-state index in [1.807, 2.05) is 39.0 Å². The van der Waals surface area contributed by atoms with Crippen LogP contribution in [-0.2, 0) is 12.7 Å². The molecule has 3 aromatic rings. The average molecular weight is 392 g/mol. The summed E-state index contributed by atoms with van der Waals surface area (Å²) in [6.45, 7) is 5.61. The van der Waals surface area contributed by atoms with Crippen LogP contribution in [0.3, 0.4) is 0 Å². The summed E-state index contributed by atoms with van der Waals surface area (Å²) in [7, 11) is 0. The number of rotatable bonds is 6. The standard InChI is InChI=1S/C21H23F3N2O2/c1-13(2)16-9-8-14(3)10-19(16)28-12-15(27)11-26-18-7-5-4-6-17(18)25-20(26)21(22,23)24/h4-10,13,15,27H,11-12H2,1-3H3/t15-/m1/s1. The number of halogens is 3. The second-order valence-corrected chi connectivity index (χ2v) is 7.19. The maximum atomic E-state index is 13.4. The molecule has 28 heavy (non-hydrogen) atoms. The van der Waals surface area contributed by atoms with Gasteiger partial charge in [0.15, 0.2) is 0 Å². The van der Waals surface area contributed by atoms with E-state index in [2.05, 4.69) is 4.98 Å². The molecule has 1 heterocycles. The molecule has 0 saturated carbocycles. The number of benzene rings is 2. The van der Waals surface area contributed by atoms with Crippen molar-refractivity contribution in [2.24, 2.45) is 0 Å². The molecule has 0 radical (unpaired) electrons. The van der Waals surface area contributed by atoms with Crippen molar-refractivity contribution in [2.75, 3.05) is 6.61 Å². The second kappa shape index (κ2) is 7.83. The SMILES string of the molecule is Cc1ccc(C(C)C)c(OC[C@H](O)Cn2c(C(F)(F)F)nc3ccccc32)c1. The average Bonchev–Trinajstić information content (AvgIpc) is 2.99. The smallest absolute Gasteiger partial charge is 0.449 e. The molecule has 0 bridgehead atoms. The third kappa shape index (κ3) is 4.30. The largest absolute Gasteiger partial charge is 0.491 e. The van der Waals surface area contributed by atoms with Crippen molar-refractivity contribution in [2.45, 2.75) is 45.5 Å². The van der Waals surface area contributed by atoms with E-state index in [-0.39, 0.29) is 24.6 Å². The fraction of sp³-hybridized carbons (Fsp3) is 0.381. The lowest BCUT2D eigenvalue weighted by atomic mass is 10.0. The highest BCUT2D eigenvalue weighted by Gasteiger charge is 2.38. The van der Waals surface area contributed by atoms with Crippen LogP contribution in [0.25, 0.3) is 11.0 Å². The lowest BCUT2D eigenvalue weighted by Gasteiger charge is -2.19. The number of fused-ring (bicyclic) bond motifs is 1. The Kier molecular flexibility index (Phi) is 5.65. The zero-order valence-electron chi connectivity index (χ0n) is 16.0. The third-order valence-electron chi connectivity index (χ3n) is 4.52. The van der Waals surface area contributed by atoms with Crippen molar-refractivity contribution in [1.29, 1.82) is 0 Å². The van der Waals surface area contributed by atoms with Crippen LogP contribution in [0.15, 0.2) is 42.5 Å². The topological polar surface area (TPSA) is 47.3 Å². The van der Waals surface area contributed by atoms with E-state index < -0.39 is 18.1 Å². The van der Waals surface area contributed by atoms with Crippen molar-refractivity contribution in [1.82, 2.24) is 9.55 Å². The summed E-state index contributed by atoms with van der Waals surface area (Å²) in [4.78, 5) is 3.69. The highest BCUT2D eigenvalue weighted by Crippen LogP contribution is 2.32. The van der Waals surface area contributed by atoms with Gasteiger partial charge in [0.25, 0.3) is 0 Å². The van der Waals surface area contributed by atoms with E-state index in [0.717, 1.165) is 15.7 Å². The number of aliphatic hydroxyl groups excluding tert-OH is 1. The number of aryl methyl sites for hydroxylation is 1. The molecule has 1 aromatic heterocycles. The van der Waals surface area contributed by atoms with Gasteiger partial charge in [0.05, 0.1) is 17.6 Å². The third-order valence-corrected chi connectivity index (χ3v) is 4.52. The molecule has 0 amide bonds. The Morgan fingerprint density at radius 3 is 2.54 bits per heavy atom. The van der Waals surface area contributed by atoms with Gasteiger partial charge >= 0.3 is 6.18 Å². The van der Waals surface area contributed by atoms with Gasteiger partial charge < -0.3 is 14.4 Å². The van der Waals surface area contributed by atoms with Crippen molar-refractivity contribution < 1.29 is 23.0 Å². The Morgan fingerprint density at radius 2 is 1.86 bits per heavy atom. The lowest BCUT2D eigenvalue weighted by Crippen LogP contribution is -2.26. The zero-order chi connectivity index (χ0) is 20.5. The van der Waals surface area contributed by atoms with Crippen LogP contribution < -0.4 is 4.74 Å². The van der Waals surface area contributed by atoms with Gasteiger partial charge in [-0.15, -0.1) is 0 Å². The fourth-order valence-electron chi connectivity index (χ4n) is 3.17. The predicted molar refractivity (Wildman–Crippen MR) is 102 cm³/mol. The molecule has 0 spiro atoms. The molecule has 0 aliphatic rings. The molecule has 0 aliphatic carbocycles. The number of hydrogen-bond donors (Lipinski definition) is 1. The van der Waals surface area contributed by atoms with E-state index >= 15 is 0 Å². The molecule has 3 rings (SSSR count). The van der Waals surface area contributed by atoms with Crippen LogP contribution in [0, 0.1) is 6.92 Å². The molecule has 4 nitrogen and oxygen atoms in total. The summed E-state index contributed by atoms with van der Waals surface area (Å²) in [5, 5.41) is 10.4. The van der Waals surface area contributed by atoms with Crippen LogP contribution in [0.1, 0.15) is 36.7 Å². The maximum Gasteiger partial charge on any atom is 0.449 e. The van der Waals surface area contributed by atoms with Crippen LogP contribution in [0.2, 0.25) is 0 Å². The highest BCUT2D eigenvalue weighted by atomic mass is 19.4. The van der Waals surface area contributed by atoms with Crippen LogP contribution >= 0.6 is 0 Å². The molecule has 0 unspecified atom stereocenters. The molecular formula is C21H23F3N2O2. The molecule has 150 valence electrons. The normalized spacial score (nSPS) is 13.3. The Bertz CT molecular complexity index is 964. The second-order valence-electron chi connectivity index (χ2n) is 7.19. The van der Waals surface area contributed by atoms with Crippen LogP contribution in [0.5, 0.6) is 5.75 Å². The van der Waals surface area contributed by atoms with Crippen molar-refractivity contribution in [3.63, 3.8) is 0 Å². The molecular weight excluding hydrogens is 369 g/mol. The lowest BCUT2D eigenvalue weighted by molar-refractivity contribution is -0.147. The molecule has 0 fully saturated rings. The summed E-state index contributed by atoms with van der Waals surface area (Å²) >= 11 is 0. The number of aromatic nitrogens is 2. The van der Waals surface area contributed by atoms with Gasteiger partial charge in [-0.3, -0.25) is 0 Å². The van der Waals surface area contributed by atoms with E-state index in [4.69, 9.17) is 4.74 Å². The van der Waals surface area contributed by atoms with Gasteiger partial charge in [-0.25, -0.2) is 4.98 Å². The Labute approximate surface area is 161 Å². The first-order chi connectivity index (χ1) is 13.2. The molecule has 0 aliphatic heterocycles. The predicted octanol–water partition coefficient (Wildman–Crippen LogP) is 4.93. The number of aliphatic hydroxyl groups is 1. The van der Waals surface area contributed by atoms with Gasteiger partial charge in [0, 0.05) is 0 Å². The Hall–Kier alpha value is -2.54. The monoisotopic (exact) mass is 392 g/mol. The maximum absolute atomic E-state index is 13.4. The quantitative estimate of drug-likeness (QED) is 0.647. The molecule has 0 saturated heterocycles. The van der Waals surface area contributed by atoms with Gasteiger partial charge in [-0.2, -0.15) is 13.2 Å². The first-order valence-corrected chi connectivity index (χ1v) is 9.10. The number of ether oxygens (including phenoxy) is 1. The van der Waals surface area contributed by atoms with Crippen molar-refractivity contribution in [3.8, 4) is 5.75 Å². The molecule has 2 aromatic carbocycles. The van der Waals surface area contributed by atoms with E-state index in [9.17, 15) is 18.3 Å². The minimum absolute atomic E-state index is 0.118. The first kappa shape index (κ1) is 20.2. The number of imidazole rings is 1. The minimum Gasteiger partial charge on any atom is -0.491 e. The van der Waals surface area contributed by atoms with E-state index in [1.165, 1.54) is 6.07 Å². The Morgan fingerprint density at radius 1 is 1.14 bits per heavy atom. The number of hydrogen-bond acceptors (Lipinski definition) is 3.